The van der Waals surface area contributed by atoms with E-state index in [-0.39, 0.29) is 0 Å². The lowest BCUT2D eigenvalue weighted by Gasteiger charge is -2.10. The number of hydrogen-bond donors (Lipinski definition) is 0. The van der Waals surface area contributed by atoms with Crippen LogP contribution in [0.1, 0.15) is 5.69 Å². The van der Waals surface area contributed by atoms with Crippen molar-refractivity contribution < 1.29 is 36.8 Å². The second kappa shape index (κ2) is 5.67. The summed E-state index contributed by atoms with van der Waals surface area (Å²) in [6.45, 7) is 0. The number of pyridine rings is 1. The average molecular weight is 298 g/mol. The van der Waals surface area contributed by atoms with E-state index in [4.69, 9.17) is 0 Å². The van der Waals surface area contributed by atoms with E-state index in [0.717, 1.165) is 7.11 Å². The predicted octanol–water partition coefficient (Wildman–Crippen LogP) is 1.74. The fourth-order valence-electron chi connectivity index (χ4n) is 1.19. The lowest BCUT2D eigenvalue weighted by atomic mass is 10.2. The number of alkyl halides is 3. The van der Waals surface area contributed by atoms with Gasteiger partial charge in [0.25, 0.3) is 11.7 Å². The molecule has 0 aromatic carbocycles. The van der Waals surface area contributed by atoms with E-state index < -0.39 is 46.8 Å². The summed E-state index contributed by atoms with van der Waals surface area (Å²) in [6.07, 6.45) is -5.96. The van der Waals surface area contributed by atoms with Gasteiger partial charge in [0.2, 0.25) is 0 Å². The van der Waals surface area contributed by atoms with Crippen LogP contribution in [0.25, 0.3) is 0 Å². The molecule has 0 aliphatic heterocycles. The number of hydrogen-bond acceptors (Lipinski definition) is 6. The quantitative estimate of drug-likeness (QED) is 0.276. The van der Waals surface area contributed by atoms with Crippen LogP contribution in [0.2, 0.25) is 0 Å². The van der Waals surface area contributed by atoms with Gasteiger partial charge >= 0.3 is 18.0 Å². The van der Waals surface area contributed by atoms with Crippen molar-refractivity contribution in [2.24, 2.45) is 0 Å². The van der Waals surface area contributed by atoms with Gasteiger partial charge in [-0.1, -0.05) is 0 Å². The molecule has 1 aromatic rings. The SMILES string of the molecule is COC(=O)Cc1cc([N+](=O)[O-])c(OC(F)(F)F)c(F)n1. The molecule has 0 unspecified atom stereocenters. The Morgan fingerprint density at radius 1 is 1.50 bits per heavy atom. The number of rotatable bonds is 4. The maximum atomic E-state index is 13.4. The average Bonchev–Trinajstić information content (AvgIpc) is 2.30. The minimum absolute atomic E-state index is 0.462. The van der Waals surface area contributed by atoms with Crippen molar-refractivity contribution in [2.45, 2.75) is 12.8 Å². The van der Waals surface area contributed by atoms with E-state index in [1.165, 1.54) is 0 Å². The van der Waals surface area contributed by atoms with Crippen molar-refractivity contribution in [3.05, 3.63) is 27.8 Å². The van der Waals surface area contributed by atoms with Crippen LogP contribution < -0.4 is 4.74 Å². The minimum atomic E-state index is -5.32. The molecule has 1 heterocycles. The molecule has 11 heteroatoms. The van der Waals surface area contributed by atoms with Crippen LogP contribution in [0.5, 0.6) is 5.75 Å². The zero-order valence-electron chi connectivity index (χ0n) is 9.73. The van der Waals surface area contributed by atoms with Gasteiger partial charge in [0, 0.05) is 6.07 Å². The molecule has 0 saturated carbocycles. The zero-order valence-corrected chi connectivity index (χ0v) is 9.73. The van der Waals surface area contributed by atoms with Crippen LogP contribution in [0.3, 0.4) is 0 Å². The Kier molecular flexibility index (Phi) is 4.42. The molecule has 0 spiro atoms. The topological polar surface area (TPSA) is 91.6 Å². The molecular formula is C9H6F4N2O5. The summed E-state index contributed by atoms with van der Waals surface area (Å²) >= 11 is 0. The van der Waals surface area contributed by atoms with E-state index in [9.17, 15) is 32.5 Å². The van der Waals surface area contributed by atoms with Crippen LogP contribution in [0.4, 0.5) is 23.2 Å². The van der Waals surface area contributed by atoms with Crippen molar-refractivity contribution in [2.75, 3.05) is 7.11 Å². The van der Waals surface area contributed by atoms with E-state index in [1.807, 2.05) is 0 Å². The van der Waals surface area contributed by atoms with Crippen molar-refractivity contribution in [1.82, 2.24) is 4.98 Å². The van der Waals surface area contributed by atoms with Gasteiger partial charge in [-0.05, 0) is 0 Å². The smallest absolute Gasteiger partial charge is 0.469 e. The van der Waals surface area contributed by atoms with Crippen LogP contribution in [-0.2, 0) is 16.0 Å². The maximum absolute atomic E-state index is 13.4. The fourth-order valence-corrected chi connectivity index (χ4v) is 1.19. The van der Waals surface area contributed by atoms with E-state index >= 15 is 0 Å². The zero-order chi connectivity index (χ0) is 15.5. The van der Waals surface area contributed by atoms with Gasteiger partial charge in [-0.2, -0.15) is 4.39 Å². The fraction of sp³-hybridized carbons (Fsp3) is 0.333. The monoisotopic (exact) mass is 298 g/mol. The van der Waals surface area contributed by atoms with Gasteiger partial charge in [-0.3, -0.25) is 14.9 Å². The molecule has 0 bridgehead atoms. The normalized spacial score (nSPS) is 11.1. The highest BCUT2D eigenvalue weighted by atomic mass is 19.4. The molecule has 0 radical (unpaired) electrons. The first-order valence-corrected chi connectivity index (χ1v) is 4.80. The van der Waals surface area contributed by atoms with Crippen LogP contribution in [0.15, 0.2) is 6.07 Å². The second-order valence-corrected chi connectivity index (χ2v) is 3.31. The molecule has 7 nitrogen and oxygen atoms in total. The molecule has 1 rings (SSSR count). The Morgan fingerprint density at radius 2 is 2.10 bits per heavy atom. The summed E-state index contributed by atoms with van der Waals surface area (Å²) < 4.78 is 56.9. The summed E-state index contributed by atoms with van der Waals surface area (Å²) in [6, 6.07) is 0.501. The molecule has 0 amide bonds. The molecule has 110 valence electrons. The van der Waals surface area contributed by atoms with Gasteiger partial charge in [-0.15, -0.1) is 13.2 Å². The van der Waals surface area contributed by atoms with Gasteiger partial charge in [0.05, 0.1) is 24.1 Å². The van der Waals surface area contributed by atoms with E-state index in [1.54, 1.807) is 0 Å². The Balaban J connectivity index is 3.26. The first kappa shape index (κ1) is 15.6. The van der Waals surface area contributed by atoms with Gasteiger partial charge in [-0.25, -0.2) is 4.98 Å². The Morgan fingerprint density at radius 3 is 2.55 bits per heavy atom. The Labute approximate surface area is 108 Å². The Bertz CT molecular complexity index is 546. The van der Waals surface area contributed by atoms with E-state index in [2.05, 4.69) is 14.5 Å². The molecule has 0 fully saturated rings. The van der Waals surface area contributed by atoms with Crippen LogP contribution in [0, 0.1) is 16.1 Å². The standard InChI is InChI=1S/C9H6F4N2O5/c1-19-6(16)3-4-2-5(15(17)18)7(8(10)14-4)20-9(11,12)13/h2H,3H2,1H3. The molecule has 0 saturated heterocycles. The second-order valence-electron chi connectivity index (χ2n) is 3.31. The van der Waals surface area contributed by atoms with Crippen LogP contribution >= 0.6 is 0 Å². The van der Waals surface area contributed by atoms with Crippen molar-refractivity contribution >= 4 is 11.7 Å². The lowest BCUT2D eigenvalue weighted by Crippen LogP contribution is -2.20. The van der Waals surface area contributed by atoms with Gasteiger partial charge in [0.1, 0.15) is 0 Å². The highest BCUT2D eigenvalue weighted by molar-refractivity contribution is 5.72. The highest BCUT2D eigenvalue weighted by Crippen LogP contribution is 2.34. The molecule has 20 heavy (non-hydrogen) atoms. The summed E-state index contributed by atoms with van der Waals surface area (Å²) in [5.41, 5.74) is -1.76. The molecule has 1 aromatic heterocycles. The van der Waals surface area contributed by atoms with Crippen LogP contribution in [-0.4, -0.2) is 29.3 Å². The number of halogens is 4. The number of esters is 1. The summed E-state index contributed by atoms with van der Waals surface area (Å²) in [5.74, 6) is -4.41. The number of nitrogens with zero attached hydrogens (tertiary/aromatic N) is 2. The third kappa shape index (κ3) is 4.03. The van der Waals surface area contributed by atoms with E-state index in [0.29, 0.717) is 6.07 Å². The number of aromatic nitrogens is 1. The van der Waals surface area contributed by atoms with Gasteiger partial charge in [0.15, 0.2) is 0 Å². The number of carbonyl (C=O) groups excluding carboxylic acids is 1. The lowest BCUT2D eigenvalue weighted by molar-refractivity contribution is -0.389. The van der Waals surface area contributed by atoms with Crippen molar-refractivity contribution in [3.8, 4) is 5.75 Å². The first-order chi connectivity index (χ1) is 9.14. The maximum Gasteiger partial charge on any atom is 0.573 e. The number of carbonyl (C=O) groups is 1. The molecule has 0 aliphatic carbocycles. The largest absolute Gasteiger partial charge is 0.573 e. The number of methoxy groups -OCH3 is 1. The summed E-state index contributed by atoms with van der Waals surface area (Å²) in [4.78, 5) is 23.2. The first-order valence-electron chi connectivity index (χ1n) is 4.80. The molecule has 0 aliphatic rings. The summed E-state index contributed by atoms with van der Waals surface area (Å²) in [5, 5.41) is 10.6. The van der Waals surface area contributed by atoms with Gasteiger partial charge < -0.3 is 9.47 Å². The number of nitro groups is 1. The third-order valence-corrected chi connectivity index (χ3v) is 1.93. The molecule has 0 atom stereocenters. The predicted molar refractivity (Wildman–Crippen MR) is 53.3 cm³/mol. The molecule has 0 N–H and O–H groups in total. The molecular weight excluding hydrogens is 292 g/mol. The third-order valence-electron chi connectivity index (χ3n) is 1.93. The minimum Gasteiger partial charge on any atom is -0.469 e. The van der Waals surface area contributed by atoms with Crippen molar-refractivity contribution in [1.29, 1.82) is 0 Å². The highest BCUT2D eigenvalue weighted by Gasteiger charge is 2.37. The van der Waals surface area contributed by atoms with Crippen molar-refractivity contribution in [3.63, 3.8) is 0 Å². The Hall–Kier alpha value is -2.46. The summed E-state index contributed by atoms with van der Waals surface area (Å²) in [7, 11) is 1.01. The number of ether oxygens (including phenoxy) is 2.